The van der Waals surface area contributed by atoms with Gasteiger partial charge in [0.15, 0.2) is 5.13 Å². The number of thiazole rings is 1. The van der Waals surface area contributed by atoms with E-state index >= 15 is 0 Å². The quantitative estimate of drug-likeness (QED) is 0.778. The molecule has 1 aliphatic rings. The van der Waals surface area contributed by atoms with E-state index in [0.29, 0.717) is 6.54 Å². The second-order valence-corrected chi connectivity index (χ2v) is 7.42. The fourth-order valence-electron chi connectivity index (χ4n) is 3.14. The highest BCUT2D eigenvalue weighted by Gasteiger charge is 2.27. The molecular weight excluding hydrogens is 332 g/mol. The van der Waals surface area contributed by atoms with Crippen LogP contribution in [0.2, 0.25) is 0 Å². The predicted molar refractivity (Wildman–Crippen MR) is 102 cm³/mol. The summed E-state index contributed by atoms with van der Waals surface area (Å²) in [5.41, 5.74) is 2.97. The van der Waals surface area contributed by atoms with Crippen LogP contribution in [-0.2, 0) is 4.79 Å². The van der Waals surface area contributed by atoms with Crippen molar-refractivity contribution >= 4 is 38.4 Å². The molecule has 0 aliphatic carbocycles. The van der Waals surface area contributed by atoms with Crippen molar-refractivity contribution in [3.8, 4) is 0 Å². The van der Waals surface area contributed by atoms with Crippen molar-refractivity contribution in [1.29, 1.82) is 0 Å². The molecule has 3 aromatic rings. The molecule has 0 unspecified atom stereocenters. The number of hydrogen-bond donors (Lipinski definition) is 1. The predicted octanol–water partition coefficient (Wildman–Crippen LogP) is 3.85. The lowest BCUT2D eigenvalue weighted by Crippen LogP contribution is -2.40. The van der Waals surface area contributed by atoms with Crippen molar-refractivity contribution in [2.75, 3.05) is 23.3 Å². The van der Waals surface area contributed by atoms with Gasteiger partial charge in [-0.15, -0.1) is 0 Å². The number of carbonyl (C=O) groups excluding carboxylic acids is 1. The van der Waals surface area contributed by atoms with Gasteiger partial charge in [-0.05, 0) is 44.0 Å². The van der Waals surface area contributed by atoms with Gasteiger partial charge in [-0.3, -0.25) is 4.79 Å². The highest BCUT2D eigenvalue weighted by atomic mass is 32.1. The van der Waals surface area contributed by atoms with Gasteiger partial charge in [-0.25, -0.2) is 9.97 Å². The van der Waals surface area contributed by atoms with Crippen LogP contribution in [0.25, 0.3) is 10.3 Å². The molecule has 1 atom stereocenters. The van der Waals surface area contributed by atoms with Crippen molar-refractivity contribution in [3.05, 3.63) is 48.2 Å². The van der Waals surface area contributed by atoms with Gasteiger partial charge in [0, 0.05) is 25.0 Å². The highest BCUT2D eigenvalue weighted by Crippen LogP contribution is 2.30. The van der Waals surface area contributed by atoms with Gasteiger partial charge < -0.3 is 10.2 Å². The fraction of sp³-hybridized carbons (Fsp3) is 0.316. The van der Waals surface area contributed by atoms with Gasteiger partial charge in [0.05, 0.1) is 5.92 Å². The number of aryl methyl sites for hydroxylation is 1. The largest absolute Gasteiger partial charge is 0.347 e. The Kier molecular flexibility index (Phi) is 4.36. The maximum atomic E-state index is 12.6. The van der Waals surface area contributed by atoms with E-state index in [1.165, 1.54) is 5.56 Å². The van der Waals surface area contributed by atoms with E-state index in [4.69, 9.17) is 0 Å². The Bertz CT molecular complexity index is 857. The number of rotatable bonds is 3. The summed E-state index contributed by atoms with van der Waals surface area (Å²) in [5, 5.41) is 4.00. The molecule has 3 heterocycles. The maximum Gasteiger partial charge on any atom is 0.229 e. The van der Waals surface area contributed by atoms with Crippen LogP contribution in [-0.4, -0.2) is 29.0 Å². The summed E-state index contributed by atoms with van der Waals surface area (Å²) < 4.78 is 0. The smallest absolute Gasteiger partial charge is 0.229 e. The molecule has 4 rings (SSSR count). The van der Waals surface area contributed by atoms with Crippen molar-refractivity contribution < 1.29 is 4.79 Å². The number of nitrogens with one attached hydrogen (secondary N) is 1. The average Bonchev–Trinajstić information content (AvgIpc) is 3.08. The molecule has 0 radical (unpaired) electrons. The first kappa shape index (κ1) is 16.0. The molecule has 25 heavy (non-hydrogen) atoms. The zero-order valence-electron chi connectivity index (χ0n) is 14.1. The summed E-state index contributed by atoms with van der Waals surface area (Å²) in [4.78, 5) is 24.8. The number of amides is 1. The number of anilines is 2. The summed E-state index contributed by atoms with van der Waals surface area (Å²) in [6.07, 6.45) is 3.70. The molecule has 1 N–H and O–H groups in total. The lowest BCUT2D eigenvalue weighted by molar-refractivity contribution is -0.120. The normalized spacial score (nSPS) is 17.6. The van der Waals surface area contributed by atoms with Gasteiger partial charge in [0.25, 0.3) is 0 Å². The Balaban J connectivity index is 1.46. The van der Waals surface area contributed by atoms with E-state index < -0.39 is 0 Å². The lowest BCUT2D eigenvalue weighted by Gasteiger charge is -2.31. The summed E-state index contributed by atoms with van der Waals surface area (Å²) >= 11 is 1.60. The first-order valence-electron chi connectivity index (χ1n) is 8.53. The Hall–Kier alpha value is -2.47. The second kappa shape index (κ2) is 6.80. The van der Waals surface area contributed by atoms with Crippen LogP contribution >= 0.6 is 11.3 Å². The molecule has 1 aromatic carbocycles. The fourth-order valence-corrected chi connectivity index (χ4v) is 4.08. The number of pyridine rings is 1. The highest BCUT2D eigenvalue weighted by molar-refractivity contribution is 7.21. The Morgan fingerprint density at radius 3 is 2.92 bits per heavy atom. The minimum atomic E-state index is -0.0185. The van der Waals surface area contributed by atoms with Gasteiger partial charge in [0.2, 0.25) is 5.91 Å². The number of nitrogens with zero attached hydrogens (tertiary/aromatic N) is 3. The van der Waals surface area contributed by atoms with E-state index in [2.05, 4.69) is 20.2 Å². The van der Waals surface area contributed by atoms with Crippen LogP contribution in [0.1, 0.15) is 18.4 Å². The molecule has 1 saturated heterocycles. The summed E-state index contributed by atoms with van der Waals surface area (Å²) in [6.45, 7) is 3.68. The Morgan fingerprint density at radius 1 is 1.28 bits per heavy atom. The summed E-state index contributed by atoms with van der Waals surface area (Å²) in [5.74, 6) is 0.0720. The molecule has 1 fully saturated rings. The number of aromatic nitrogens is 2. The third-order valence-corrected chi connectivity index (χ3v) is 5.58. The maximum absolute atomic E-state index is 12.6. The third kappa shape index (κ3) is 3.49. The number of hydrogen-bond acceptors (Lipinski definition) is 5. The molecule has 1 aliphatic heterocycles. The van der Waals surface area contributed by atoms with E-state index in [1.807, 2.05) is 43.3 Å². The molecular formula is C19H20N4OS. The van der Waals surface area contributed by atoms with Crippen molar-refractivity contribution in [2.45, 2.75) is 19.8 Å². The molecule has 1 amide bonds. The van der Waals surface area contributed by atoms with E-state index in [1.54, 1.807) is 17.5 Å². The standard InChI is InChI=1S/C19H20N4OS/c1-13-6-8-15(9-7-13)21-17(24)14-4-3-11-23(12-14)19-22-16-5-2-10-20-18(16)25-19/h2,5-10,14H,3-4,11-12H2,1H3,(H,21,24)/t14-/m1/s1. The molecule has 5 nitrogen and oxygen atoms in total. The van der Waals surface area contributed by atoms with Crippen molar-refractivity contribution in [3.63, 3.8) is 0 Å². The molecule has 0 spiro atoms. The van der Waals surface area contributed by atoms with Crippen LogP contribution in [0.4, 0.5) is 10.8 Å². The molecule has 0 saturated carbocycles. The minimum absolute atomic E-state index is 0.0185. The topological polar surface area (TPSA) is 58.1 Å². The first-order valence-corrected chi connectivity index (χ1v) is 9.35. The first-order chi connectivity index (χ1) is 12.2. The second-order valence-electron chi connectivity index (χ2n) is 6.46. The Morgan fingerprint density at radius 2 is 2.12 bits per heavy atom. The van der Waals surface area contributed by atoms with Gasteiger partial charge in [-0.2, -0.15) is 0 Å². The van der Waals surface area contributed by atoms with Crippen LogP contribution in [0, 0.1) is 12.8 Å². The van der Waals surface area contributed by atoms with Gasteiger partial charge >= 0.3 is 0 Å². The van der Waals surface area contributed by atoms with Crippen LogP contribution in [0.15, 0.2) is 42.6 Å². The lowest BCUT2D eigenvalue weighted by atomic mass is 9.97. The van der Waals surface area contributed by atoms with Gasteiger partial charge in [-0.1, -0.05) is 29.0 Å². The molecule has 0 bridgehead atoms. The average molecular weight is 352 g/mol. The van der Waals surface area contributed by atoms with E-state index in [9.17, 15) is 4.79 Å². The van der Waals surface area contributed by atoms with Crippen molar-refractivity contribution in [1.82, 2.24) is 9.97 Å². The summed E-state index contributed by atoms with van der Waals surface area (Å²) in [6, 6.07) is 11.8. The number of fused-ring (bicyclic) bond motifs is 1. The number of carbonyl (C=O) groups is 1. The molecule has 128 valence electrons. The van der Waals surface area contributed by atoms with Crippen LogP contribution in [0.3, 0.4) is 0 Å². The van der Waals surface area contributed by atoms with Crippen LogP contribution < -0.4 is 10.2 Å². The monoisotopic (exact) mass is 352 g/mol. The van der Waals surface area contributed by atoms with E-state index in [0.717, 1.165) is 40.6 Å². The molecule has 6 heteroatoms. The SMILES string of the molecule is Cc1ccc(NC(=O)[C@@H]2CCCN(c3nc4cccnc4s3)C2)cc1. The number of piperidine rings is 1. The van der Waals surface area contributed by atoms with Crippen molar-refractivity contribution in [2.24, 2.45) is 5.92 Å². The number of benzene rings is 1. The zero-order chi connectivity index (χ0) is 17.2. The van der Waals surface area contributed by atoms with Crippen LogP contribution in [0.5, 0.6) is 0 Å². The third-order valence-electron chi connectivity index (χ3n) is 4.54. The minimum Gasteiger partial charge on any atom is -0.347 e. The summed E-state index contributed by atoms with van der Waals surface area (Å²) in [7, 11) is 0. The zero-order valence-corrected chi connectivity index (χ0v) is 14.9. The van der Waals surface area contributed by atoms with E-state index in [-0.39, 0.29) is 11.8 Å². The Labute approximate surface area is 150 Å². The van der Waals surface area contributed by atoms with Gasteiger partial charge in [0.1, 0.15) is 10.3 Å². The molecule has 2 aromatic heterocycles.